The summed E-state index contributed by atoms with van der Waals surface area (Å²) in [4.78, 5) is 7.50. The molecule has 10 aromatic rings. The number of nitrogens with zero attached hydrogens (tertiary/aromatic N) is 5. The number of nitriles is 1. The average molecular weight is 780 g/mol. The zero-order valence-electron chi connectivity index (χ0n) is 31.5. The molecule has 0 amide bonds. The number of aromatic nitrogens is 2. The highest BCUT2D eigenvalue weighted by Crippen LogP contribution is 2.47. The van der Waals surface area contributed by atoms with E-state index in [-0.39, 0.29) is 16.7 Å². The lowest BCUT2D eigenvalue weighted by Crippen LogP contribution is -2.10. The van der Waals surface area contributed by atoms with E-state index in [1.165, 1.54) is 12.1 Å². The Morgan fingerprint density at radius 2 is 0.883 bits per heavy atom. The average Bonchev–Trinajstić information content (AvgIpc) is 3.80. The molecule has 0 aliphatic heterocycles. The lowest BCUT2D eigenvalue weighted by Gasteiger charge is -2.23. The quantitative estimate of drug-likeness (QED) is 0.160. The molecule has 10 rings (SSSR count). The molecule has 2 heterocycles. The summed E-state index contributed by atoms with van der Waals surface area (Å²) in [6.45, 7) is 15.6. The van der Waals surface area contributed by atoms with Crippen LogP contribution in [0.25, 0.3) is 98.1 Å². The molecule has 0 saturated carbocycles. The third-order valence-electron chi connectivity index (χ3n) is 11.2. The van der Waals surface area contributed by atoms with Crippen LogP contribution in [0.15, 0.2) is 170 Å². The largest absolute Gasteiger partial charge is 0.417 e. The van der Waals surface area contributed by atoms with Crippen molar-refractivity contribution < 1.29 is 13.2 Å². The Morgan fingerprint density at radius 3 is 1.35 bits per heavy atom. The van der Waals surface area contributed by atoms with Crippen molar-refractivity contribution in [2.45, 2.75) is 6.18 Å². The van der Waals surface area contributed by atoms with Crippen molar-refractivity contribution >= 4 is 55.0 Å². The molecule has 0 saturated heterocycles. The first-order valence-electron chi connectivity index (χ1n) is 19.0. The smallest absolute Gasteiger partial charge is 0.308 e. The van der Waals surface area contributed by atoms with Gasteiger partial charge in [-0.15, -0.1) is 0 Å². The fraction of sp³-hybridized carbons (Fsp3) is 0.0192. The van der Waals surface area contributed by atoms with Crippen LogP contribution in [0.2, 0.25) is 0 Å². The number of benzene rings is 8. The second kappa shape index (κ2) is 13.9. The van der Waals surface area contributed by atoms with Crippen molar-refractivity contribution in [2.24, 2.45) is 0 Å². The summed E-state index contributed by atoms with van der Waals surface area (Å²) in [5.41, 5.74) is 7.62. The van der Waals surface area contributed by atoms with Crippen molar-refractivity contribution in [3.63, 3.8) is 0 Å². The number of rotatable bonds is 5. The third-order valence-corrected chi connectivity index (χ3v) is 11.2. The standard InChI is InChI=1S/C52H28F3N5/c1-57-43-19-9-4-13-35(43)33-23-25-47-40(29-33)37-15-6-11-21-45(37)59(47)49-27-32(31-56)28-50(51(49)39-17-3-8-18-42(39)52(53,54)55)60-46-22-12-7-16-38(46)41-30-34(24-26-48(41)60)36-14-5-10-20-44(36)58-2/h3-30H. The van der Waals surface area contributed by atoms with Gasteiger partial charge in [0.2, 0.25) is 0 Å². The maximum absolute atomic E-state index is 15.3. The molecule has 0 N–H and O–H groups in total. The first-order valence-corrected chi connectivity index (χ1v) is 19.0. The molecule has 282 valence electrons. The molecular formula is C52H28F3N5. The summed E-state index contributed by atoms with van der Waals surface area (Å²) in [5.74, 6) is 0. The number of hydrogen-bond acceptors (Lipinski definition) is 1. The van der Waals surface area contributed by atoms with Gasteiger partial charge in [0, 0.05) is 27.1 Å². The van der Waals surface area contributed by atoms with Crippen molar-refractivity contribution in [1.29, 1.82) is 5.26 Å². The van der Waals surface area contributed by atoms with Gasteiger partial charge >= 0.3 is 6.18 Å². The van der Waals surface area contributed by atoms with Crippen LogP contribution in [0.3, 0.4) is 0 Å². The molecule has 0 radical (unpaired) electrons. The number of alkyl halides is 3. The highest BCUT2D eigenvalue weighted by atomic mass is 19.4. The van der Waals surface area contributed by atoms with E-state index in [2.05, 4.69) is 15.8 Å². The maximum atomic E-state index is 15.3. The van der Waals surface area contributed by atoms with Gasteiger partial charge in [0.15, 0.2) is 11.4 Å². The Morgan fingerprint density at radius 1 is 0.467 bits per heavy atom. The predicted octanol–water partition coefficient (Wildman–Crippen LogP) is 14.9. The molecule has 0 atom stereocenters. The molecule has 8 heteroatoms. The minimum atomic E-state index is -4.71. The van der Waals surface area contributed by atoms with Gasteiger partial charge < -0.3 is 9.13 Å². The first-order chi connectivity index (χ1) is 29.3. The number of hydrogen-bond donors (Lipinski definition) is 0. The van der Waals surface area contributed by atoms with E-state index in [4.69, 9.17) is 13.1 Å². The van der Waals surface area contributed by atoms with Crippen molar-refractivity contribution in [2.75, 3.05) is 0 Å². The predicted molar refractivity (Wildman–Crippen MR) is 234 cm³/mol. The monoisotopic (exact) mass is 779 g/mol. The molecule has 0 unspecified atom stereocenters. The minimum Gasteiger partial charge on any atom is -0.308 e. The molecule has 0 spiro atoms. The van der Waals surface area contributed by atoms with Crippen LogP contribution in [-0.4, -0.2) is 9.13 Å². The highest BCUT2D eigenvalue weighted by molar-refractivity contribution is 6.13. The SMILES string of the molecule is [C-]#[N+]c1ccccc1-c1ccc2c(c1)c1ccccc1n2-c1cc(C#N)cc(-n2c3ccccc3c3cc(-c4ccccc4[N+]#[C-])ccc32)c1-c1ccccc1C(F)(F)F. The van der Waals surface area contributed by atoms with Crippen molar-refractivity contribution in [1.82, 2.24) is 9.13 Å². The lowest BCUT2D eigenvalue weighted by molar-refractivity contribution is -0.137. The third kappa shape index (κ3) is 5.61. The van der Waals surface area contributed by atoms with Crippen molar-refractivity contribution in [3.05, 3.63) is 204 Å². The molecule has 0 aliphatic rings. The van der Waals surface area contributed by atoms with Crippen LogP contribution in [0.1, 0.15) is 11.1 Å². The van der Waals surface area contributed by atoms with Gasteiger partial charge in [-0.05, 0) is 82.4 Å². The van der Waals surface area contributed by atoms with Crippen LogP contribution < -0.4 is 0 Å². The molecular weight excluding hydrogens is 752 g/mol. The van der Waals surface area contributed by atoms with Gasteiger partial charge in [-0.3, -0.25) is 0 Å². The van der Waals surface area contributed by atoms with Crippen molar-refractivity contribution in [3.8, 4) is 50.8 Å². The van der Waals surface area contributed by atoms with Crippen LogP contribution >= 0.6 is 0 Å². The Hall–Kier alpha value is -8.38. The zero-order chi connectivity index (χ0) is 41.1. The Labute approximate surface area is 342 Å². The minimum absolute atomic E-state index is 0.0402. The van der Waals surface area contributed by atoms with E-state index >= 15 is 13.2 Å². The number of halogens is 3. The maximum Gasteiger partial charge on any atom is 0.417 e. The van der Waals surface area contributed by atoms with Gasteiger partial charge in [0.05, 0.1) is 63.8 Å². The molecule has 5 nitrogen and oxygen atoms in total. The summed E-state index contributed by atoms with van der Waals surface area (Å²) in [6, 6.07) is 53.3. The van der Waals surface area contributed by atoms with Crippen LogP contribution in [-0.2, 0) is 6.18 Å². The molecule has 2 aromatic heterocycles. The van der Waals surface area contributed by atoms with E-state index in [1.807, 2.05) is 130 Å². The second-order valence-electron chi connectivity index (χ2n) is 14.5. The fourth-order valence-electron chi connectivity index (χ4n) is 8.68. The van der Waals surface area contributed by atoms with Gasteiger partial charge in [-0.1, -0.05) is 115 Å². The van der Waals surface area contributed by atoms with E-state index in [9.17, 15) is 5.26 Å². The molecule has 8 aromatic carbocycles. The van der Waals surface area contributed by atoms with Gasteiger partial charge in [-0.2, -0.15) is 18.4 Å². The molecule has 0 fully saturated rings. The van der Waals surface area contributed by atoms with Crippen LogP contribution in [0.4, 0.5) is 24.5 Å². The molecule has 0 bridgehead atoms. The second-order valence-corrected chi connectivity index (χ2v) is 14.5. The Bertz CT molecular complexity index is 3330. The Balaban J connectivity index is 1.35. The highest BCUT2D eigenvalue weighted by Gasteiger charge is 2.35. The normalized spacial score (nSPS) is 11.5. The lowest BCUT2D eigenvalue weighted by atomic mass is 9.94. The number of fused-ring (bicyclic) bond motifs is 6. The summed E-state index contributed by atoms with van der Waals surface area (Å²) in [5, 5.41) is 14.1. The van der Waals surface area contributed by atoms with Gasteiger partial charge in [0.1, 0.15) is 0 Å². The van der Waals surface area contributed by atoms with Gasteiger partial charge in [-0.25, -0.2) is 9.69 Å². The van der Waals surface area contributed by atoms with Gasteiger partial charge in [0.25, 0.3) is 0 Å². The number of para-hydroxylation sites is 4. The van der Waals surface area contributed by atoms with E-state index in [0.29, 0.717) is 22.7 Å². The Kier molecular flexibility index (Phi) is 8.35. The van der Waals surface area contributed by atoms with Crippen LogP contribution in [0, 0.1) is 24.5 Å². The van der Waals surface area contributed by atoms with E-state index in [0.717, 1.165) is 71.9 Å². The summed E-state index contributed by atoms with van der Waals surface area (Å²) >= 11 is 0. The first kappa shape index (κ1) is 36.0. The molecule has 60 heavy (non-hydrogen) atoms. The topological polar surface area (TPSA) is 42.4 Å². The summed E-state index contributed by atoms with van der Waals surface area (Å²) in [6.07, 6.45) is -4.71. The van der Waals surface area contributed by atoms with Crippen LogP contribution in [0.5, 0.6) is 0 Å². The van der Waals surface area contributed by atoms with E-state index in [1.54, 1.807) is 30.3 Å². The van der Waals surface area contributed by atoms with E-state index < -0.39 is 11.7 Å². The zero-order valence-corrected chi connectivity index (χ0v) is 31.5. The summed E-state index contributed by atoms with van der Waals surface area (Å²) in [7, 11) is 0. The molecule has 0 aliphatic carbocycles. The fourth-order valence-corrected chi connectivity index (χ4v) is 8.68. The summed E-state index contributed by atoms with van der Waals surface area (Å²) < 4.78 is 49.7.